The van der Waals surface area contributed by atoms with E-state index in [2.05, 4.69) is 9.71 Å². The molecule has 1 atom stereocenters. The molecule has 0 aromatic heterocycles. The molecule has 10 heteroatoms. The summed E-state index contributed by atoms with van der Waals surface area (Å²) in [5, 5.41) is 2.70. The lowest BCUT2D eigenvalue weighted by molar-refractivity contribution is -0.149. The monoisotopic (exact) mass is 418 g/mol. The second kappa shape index (κ2) is 8.08. The molecule has 0 bridgehead atoms. The van der Waals surface area contributed by atoms with Gasteiger partial charge in [0.2, 0.25) is 0 Å². The molecule has 9 nitrogen and oxygen atoms in total. The number of ether oxygens (including phenoxy) is 1. The van der Waals surface area contributed by atoms with Crippen LogP contribution in [-0.2, 0) is 24.3 Å². The van der Waals surface area contributed by atoms with Crippen LogP contribution in [0.1, 0.15) is 6.92 Å². The molecular weight excluding hydrogens is 396 g/mol. The third kappa shape index (κ3) is 5.02. The Labute approximate surface area is 169 Å². The maximum Gasteiger partial charge on any atom is 0.340 e. The van der Waals surface area contributed by atoms with E-state index in [1.54, 1.807) is 17.0 Å². The Morgan fingerprint density at radius 1 is 1.21 bits per heavy atom. The summed E-state index contributed by atoms with van der Waals surface area (Å²) in [4.78, 5) is 28.2. The Morgan fingerprint density at radius 3 is 2.55 bits per heavy atom. The van der Waals surface area contributed by atoms with Gasteiger partial charge in [0.25, 0.3) is 15.9 Å². The van der Waals surface area contributed by atoms with Crippen molar-refractivity contribution in [1.82, 2.24) is 4.90 Å². The minimum atomic E-state index is -3.46. The molecule has 2 heterocycles. The van der Waals surface area contributed by atoms with Crippen LogP contribution in [-0.4, -0.2) is 63.5 Å². The number of carbonyl (C=O) groups is 2. The molecule has 0 unspecified atom stereocenters. The van der Waals surface area contributed by atoms with Gasteiger partial charge in [0, 0.05) is 38.2 Å². The first-order chi connectivity index (χ1) is 13.6. The van der Waals surface area contributed by atoms with E-state index < -0.39 is 28.0 Å². The molecule has 1 aromatic carbocycles. The fourth-order valence-corrected chi connectivity index (χ4v) is 3.66. The van der Waals surface area contributed by atoms with Crippen LogP contribution in [0.3, 0.4) is 0 Å². The summed E-state index contributed by atoms with van der Waals surface area (Å²) in [7, 11) is 0.371. The van der Waals surface area contributed by atoms with Crippen LogP contribution in [0.5, 0.6) is 0 Å². The lowest BCUT2D eigenvalue weighted by atomic mass is 10.2. The van der Waals surface area contributed by atoms with Gasteiger partial charge < -0.3 is 19.9 Å². The topological polar surface area (TPSA) is 108 Å². The van der Waals surface area contributed by atoms with Crippen molar-refractivity contribution in [2.75, 3.05) is 36.6 Å². The Bertz CT molecular complexity index is 1010. The minimum Gasteiger partial charge on any atom is -0.449 e. The minimum absolute atomic E-state index is 0.130. The standard InChI is InChI=1S/C19H22N4O5S/c1-13(18(24)20-15-5-7-16(8-6-15)22(2)3)28-19(25)14-4-9-17-21-29(26,27)11-10-23(17)12-14/h4-9,12-13H,10-11H2,1-3H3,(H,20,24)/t13-/m0/s1. The highest BCUT2D eigenvalue weighted by atomic mass is 32.2. The van der Waals surface area contributed by atoms with Gasteiger partial charge in [-0.1, -0.05) is 0 Å². The molecule has 29 heavy (non-hydrogen) atoms. The predicted molar refractivity (Wildman–Crippen MR) is 110 cm³/mol. The van der Waals surface area contributed by atoms with Crippen molar-refractivity contribution < 1.29 is 22.7 Å². The number of carbonyl (C=O) groups excluding carboxylic acids is 2. The average molecular weight is 418 g/mol. The largest absolute Gasteiger partial charge is 0.449 e. The number of anilines is 2. The van der Waals surface area contributed by atoms with Gasteiger partial charge in [0.05, 0.1) is 11.3 Å². The molecule has 1 amide bonds. The van der Waals surface area contributed by atoms with Crippen molar-refractivity contribution in [3.63, 3.8) is 0 Å². The van der Waals surface area contributed by atoms with Gasteiger partial charge in [0.1, 0.15) is 5.84 Å². The van der Waals surface area contributed by atoms with Gasteiger partial charge in [-0.05, 0) is 43.3 Å². The van der Waals surface area contributed by atoms with Crippen LogP contribution in [0.2, 0.25) is 0 Å². The van der Waals surface area contributed by atoms with Crippen LogP contribution >= 0.6 is 0 Å². The van der Waals surface area contributed by atoms with E-state index in [1.807, 2.05) is 31.1 Å². The number of amidine groups is 1. The number of nitrogens with zero attached hydrogens (tertiary/aromatic N) is 3. The molecule has 2 aliphatic rings. The second-order valence-corrected chi connectivity index (χ2v) is 8.58. The highest BCUT2D eigenvalue weighted by Gasteiger charge is 2.27. The summed E-state index contributed by atoms with van der Waals surface area (Å²) in [6.45, 7) is 1.68. The van der Waals surface area contributed by atoms with Crippen molar-refractivity contribution >= 4 is 39.1 Å². The van der Waals surface area contributed by atoms with Gasteiger partial charge in [-0.25, -0.2) is 13.2 Å². The van der Waals surface area contributed by atoms with E-state index >= 15 is 0 Å². The molecule has 0 saturated heterocycles. The smallest absolute Gasteiger partial charge is 0.340 e. The zero-order valence-corrected chi connectivity index (χ0v) is 17.1. The summed E-state index contributed by atoms with van der Waals surface area (Å²) in [6.07, 6.45) is 3.32. The van der Waals surface area contributed by atoms with Gasteiger partial charge in [-0.2, -0.15) is 0 Å². The number of fused-ring (bicyclic) bond motifs is 1. The van der Waals surface area contributed by atoms with Crippen molar-refractivity contribution in [2.24, 2.45) is 4.40 Å². The van der Waals surface area contributed by atoms with E-state index in [4.69, 9.17) is 4.74 Å². The predicted octanol–water partition coefficient (Wildman–Crippen LogP) is 1.12. The third-order valence-electron chi connectivity index (χ3n) is 4.36. The summed E-state index contributed by atoms with van der Waals surface area (Å²) in [6, 6.07) is 7.25. The average Bonchev–Trinajstić information content (AvgIpc) is 2.67. The van der Waals surface area contributed by atoms with Gasteiger partial charge in [0.15, 0.2) is 6.10 Å². The van der Waals surface area contributed by atoms with Crippen molar-refractivity contribution in [1.29, 1.82) is 0 Å². The van der Waals surface area contributed by atoms with Crippen molar-refractivity contribution in [3.8, 4) is 0 Å². The molecule has 0 spiro atoms. The Kier molecular flexibility index (Phi) is 5.73. The van der Waals surface area contributed by atoms with Crippen LogP contribution < -0.4 is 10.2 Å². The second-order valence-electron chi connectivity index (χ2n) is 6.82. The molecule has 0 aliphatic carbocycles. The number of benzene rings is 1. The highest BCUT2D eigenvalue weighted by molar-refractivity contribution is 7.90. The number of amides is 1. The van der Waals surface area contributed by atoms with Gasteiger partial charge in [-0.15, -0.1) is 4.40 Å². The quantitative estimate of drug-likeness (QED) is 0.714. The highest BCUT2D eigenvalue weighted by Crippen LogP contribution is 2.18. The summed E-state index contributed by atoms with van der Waals surface area (Å²) < 4.78 is 32.0. The first-order valence-corrected chi connectivity index (χ1v) is 10.5. The van der Waals surface area contributed by atoms with E-state index in [0.717, 1.165) is 5.69 Å². The van der Waals surface area contributed by atoms with Crippen LogP contribution in [0.15, 0.2) is 52.6 Å². The number of sulfonamides is 1. The number of hydrogen-bond donors (Lipinski definition) is 1. The molecular formula is C19H22N4O5S. The van der Waals surface area contributed by atoms with E-state index in [9.17, 15) is 18.0 Å². The Hall–Kier alpha value is -3.14. The molecule has 1 N–H and O–H groups in total. The summed E-state index contributed by atoms with van der Waals surface area (Å²) in [5.74, 6) is -1.02. The van der Waals surface area contributed by atoms with Gasteiger partial charge in [-0.3, -0.25) is 4.79 Å². The lowest BCUT2D eigenvalue weighted by Gasteiger charge is -2.27. The third-order valence-corrected chi connectivity index (χ3v) is 5.53. The normalized spacial score (nSPS) is 18.1. The maximum atomic E-state index is 12.4. The number of nitrogens with one attached hydrogen (secondary N) is 1. The SMILES string of the molecule is C[C@H](OC(=O)C1=CN2CCS(=O)(=O)N=C2C=C1)C(=O)Nc1ccc(N(C)C)cc1. The van der Waals surface area contributed by atoms with Crippen molar-refractivity contribution in [2.45, 2.75) is 13.0 Å². The molecule has 1 aromatic rings. The number of rotatable bonds is 5. The lowest BCUT2D eigenvalue weighted by Crippen LogP contribution is -2.37. The maximum absolute atomic E-state index is 12.4. The first kappa shape index (κ1) is 20.6. The summed E-state index contributed by atoms with van der Waals surface area (Å²) >= 11 is 0. The van der Waals surface area contributed by atoms with Gasteiger partial charge >= 0.3 is 5.97 Å². The van der Waals surface area contributed by atoms with Crippen LogP contribution in [0.4, 0.5) is 11.4 Å². The Morgan fingerprint density at radius 2 is 1.90 bits per heavy atom. The zero-order valence-electron chi connectivity index (χ0n) is 16.3. The van der Waals surface area contributed by atoms with E-state index in [-0.39, 0.29) is 23.7 Å². The first-order valence-electron chi connectivity index (χ1n) is 8.93. The number of hydrogen-bond acceptors (Lipinski definition) is 7. The Balaban J connectivity index is 1.60. The molecule has 154 valence electrons. The van der Waals surface area contributed by atoms with E-state index in [0.29, 0.717) is 5.69 Å². The summed E-state index contributed by atoms with van der Waals surface area (Å²) in [5.41, 5.74) is 1.79. The molecule has 3 rings (SSSR count). The molecule has 0 radical (unpaired) electrons. The molecule has 0 fully saturated rings. The zero-order chi connectivity index (χ0) is 21.2. The molecule has 2 aliphatic heterocycles. The molecule has 0 saturated carbocycles. The van der Waals surface area contributed by atoms with Crippen LogP contribution in [0, 0.1) is 0 Å². The fraction of sp³-hybridized carbons (Fsp3) is 0.316. The van der Waals surface area contributed by atoms with E-state index in [1.165, 1.54) is 25.3 Å². The fourth-order valence-electron chi connectivity index (χ4n) is 2.69. The number of esters is 1. The van der Waals surface area contributed by atoms with Crippen molar-refractivity contribution in [3.05, 3.63) is 48.2 Å². The van der Waals surface area contributed by atoms with Crippen LogP contribution in [0.25, 0.3) is 0 Å².